The van der Waals surface area contributed by atoms with Gasteiger partial charge in [0.1, 0.15) is 11.8 Å². The number of nitrogens with zero attached hydrogens (tertiary/aromatic N) is 2. The van der Waals surface area contributed by atoms with Gasteiger partial charge in [-0.05, 0) is 49.9 Å². The van der Waals surface area contributed by atoms with Crippen LogP contribution in [0.15, 0.2) is 48.8 Å². The van der Waals surface area contributed by atoms with Gasteiger partial charge in [0.25, 0.3) is 0 Å². The van der Waals surface area contributed by atoms with Crippen molar-refractivity contribution in [1.82, 2.24) is 15.2 Å². The number of pyridine rings is 1. The molecule has 1 aromatic carbocycles. The van der Waals surface area contributed by atoms with E-state index in [9.17, 15) is 14.4 Å². The maximum Gasteiger partial charge on any atom is 0.243 e. The summed E-state index contributed by atoms with van der Waals surface area (Å²) in [7, 11) is 1.56. The summed E-state index contributed by atoms with van der Waals surface area (Å²) in [6.45, 7) is 5.95. The van der Waals surface area contributed by atoms with Crippen molar-refractivity contribution in [3.05, 3.63) is 59.9 Å². The number of carbonyl (C=O) groups excluding carboxylic acids is 3. The Hall–Kier alpha value is -3.26. The number of nitrogens with one attached hydrogen (secondary N) is 1. The van der Waals surface area contributed by atoms with E-state index in [1.807, 2.05) is 44.2 Å². The van der Waals surface area contributed by atoms with E-state index in [2.05, 4.69) is 10.3 Å². The highest BCUT2D eigenvalue weighted by molar-refractivity contribution is 5.92. The Morgan fingerprint density at radius 1 is 1.18 bits per heavy atom. The van der Waals surface area contributed by atoms with Crippen LogP contribution in [0, 0.1) is 0 Å². The lowest BCUT2D eigenvalue weighted by Crippen LogP contribution is -2.51. The molecule has 2 heterocycles. The summed E-state index contributed by atoms with van der Waals surface area (Å²) in [6, 6.07) is 9.15. The van der Waals surface area contributed by atoms with E-state index < -0.39 is 18.1 Å². The zero-order chi connectivity index (χ0) is 25.1. The normalized spacial score (nSPS) is 16.6. The van der Waals surface area contributed by atoms with Gasteiger partial charge in [-0.15, -0.1) is 0 Å². The average molecular weight is 469 g/mol. The Morgan fingerprint density at radius 2 is 1.85 bits per heavy atom. The van der Waals surface area contributed by atoms with Crippen molar-refractivity contribution >= 4 is 17.6 Å². The summed E-state index contributed by atoms with van der Waals surface area (Å²) >= 11 is 0. The molecule has 2 amide bonds. The molecule has 8 nitrogen and oxygen atoms in total. The lowest BCUT2D eigenvalue weighted by atomic mass is 10.0. The minimum Gasteiger partial charge on any atom is -0.496 e. The van der Waals surface area contributed by atoms with Crippen molar-refractivity contribution in [1.29, 1.82) is 0 Å². The average Bonchev–Trinajstić information content (AvgIpc) is 3.36. The Bertz CT molecular complexity index is 951. The molecule has 184 valence electrons. The standard InChI is InChI=1S/C24H30N4O4.C2H6/c1-16(29)20(14-17-9-11-26-12-10-17)27-24(31)21-7-5-13-28(21)23(30)15-19(25)18-6-3-4-8-22(18)32-2;1-2/h3-4,6,8-12,19-21H,5,7,13-15,25H2,1-2H3,(H,27,31);1-2H3/t19?,20-,21-;/m0./s1. The smallest absolute Gasteiger partial charge is 0.243 e. The number of benzene rings is 1. The number of rotatable bonds is 9. The quantitative estimate of drug-likeness (QED) is 0.585. The minimum atomic E-state index is -0.654. The number of carbonyl (C=O) groups is 3. The van der Waals surface area contributed by atoms with Crippen LogP contribution in [0.2, 0.25) is 0 Å². The second kappa shape index (κ2) is 13.4. The second-order valence-corrected chi connectivity index (χ2v) is 8.03. The lowest BCUT2D eigenvalue weighted by Gasteiger charge is -2.27. The predicted molar refractivity (Wildman–Crippen MR) is 131 cm³/mol. The van der Waals surface area contributed by atoms with Crippen molar-refractivity contribution in [2.45, 2.75) is 64.6 Å². The maximum absolute atomic E-state index is 13.0. The van der Waals surface area contributed by atoms with Crippen LogP contribution in [-0.4, -0.2) is 53.2 Å². The Labute approximate surface area is 201 Å². The minimum absolute atomic E-state index is 0.0668. The molecular formula is C26H36N4O4. The Morgan fingerprint density at radius 3 is 2.50 bits per heavy atom. The van der Waals surface area contributed by atoms with Crippen LogP contribution < -0.4 is 15.8 Å². The van der Waals surface area contributed by atoms with Gasteiger partial charge >= 0.3 is 0 Å². The van der Waals surface area contributed by atoms with Gasteiger partial charge in [-0.25, -0.2) is 0 Å². The van der Waals surface area contributed by atoms with Gasteiger partial charge in [0.05, 0.1) is 13.2 Å². The van der Waals surface area contributed by atoms with Crippen molar-refractivity contribution in [3.8, 4) is 5.75 Å². The molecule has 2 aromatic rings. The monoisotopic (exact) mass is 468 g/mol. The van der Waals surface area contributed by atoms with Crippen LogP contribution in [0.5, 0.6) is 5.75 Å². The van der Waals surface area contributed by atoms with Gasteiger partial charge in [-0.1, -0.05) is 32.0 Å². The maximum atomic E-state index is 13.0. The van der Waals surface area contributed by atoms with Crippen molar-refractivity contribution < 1.29 is 19.1 Å². The molecule has 34 heavy (non-hydrogen) atoms. The van der Waals surface area contributed by atoms with E-state index >= 15 is 0 Å². The molecule has 1 unspecified atom stereocenters. The molecule has 1 saturated heterocycles. The van der Waals surface area contributed by atoms with Crippen LogP contribution >= 0.6 is 0 Å². The van der Waals surface area contributed by atoms with E-state index in [1.165, 1.54) is 6.92 Å². The number of para-hydroxylation sites is 1. The van der Waals surface area contributed by atoms with E-state index in [0.717, 1.165) is 17.5 Å². The summed E-state index contributed by atoms with van der Waals surface area (Å²) in [6.07, 6.45) is 5.03. The number of ether oxygens (including phenoxy) is 1. The molecule has 0 spiro atoms. The zero-order valence-corrected chi connectivity index (χ0v) is 20.5. The van der Waals surface area contributed by atoms with Gasteiger partial charge in [-0.2, -0.15) is 0 Å². The topological polar surface area (TPSA) is 115 Å². The van der Waals surface area contributed by atoms with Crippen LogP contribution in [0.25, 0.3) is 0 Å². The molecule has 1 fully saturated rings. The molecular weight excluding hydrogens is 432 g/mol. The van der Waals surface area contributed by atoms with E-state index in [0.29, 0.717) is 25.1 Å². The van der Waals surface area contributed by atoms with Crippen LogP contribution in [-0.2, 0) is 20.8 Å². The highest BCUT2D eigenvalue weighted by atomic mass is 16.5. The van der Waals surface area contributed by atoms with Gasteiger partial charge in [0, 0.05) is 37.0 Å². The van der Waals surface area contributed by atoms with Gasteiger partial charge in [0.2, 0.25) is 11.8 Å². The number of aromatic nitrogens is 1. The number of methoxy groups -OCH3 is 1. The molecule has 1 aliphatic rings. The first kappa shape index (κ1) is 27.0. The number of likely N-dealkylation sites (tertiary alicyclic amines) is 1. The molecule has 1 aliphatic heterocycles. The van der Waals surface area contributed by atoms with Crippen LogP contribution in [0.4, 0.5) is 0 Å². The summed E-state index contributed by atoms with van der Waals surface area (Å²) in [5.74, 6) is -0.00121. The summed E-state index contributed by atoms with van der Waals surface area (Å²) in [5, 5.41) is 2.84. The SMILES string of the molecule is CC.COc1ccccc1C(N)CC(=O)N1CCC[C@H]1C(=O)N[C@@H](Cc1ccncc1)C(C)=O. The first-order valence-corrected chi connectivity index (χ1v) is 11.8. The fourth-order valence-electron chi connectivity index (χ4n) is 4.04. The number of hydrogen-bond donors (Lipinski definition) is 2. The molecule has 0 radical (unpaired) electrons. The first-order chi connectivity index (χ1) is 16.4. The van der Waals surface area contributed by atoms with Crippen molar-refractivity contribution in [3.63, 3.8) is 0 Å². The molecule has 3 N–H and O–H groups in total. The molecule has 3 atom stereocenters. The molecule has 1 aromatic heterocycles. The van der Waals surface area contributed by atoms with Crippen molar-refractivity contribution in [2.24, 2.45) is 5.73 Å². The fraction of sp³-hybridized carbons (Fsp3) is 0.462. The number of hydrogen-bond acceptors (Lipinski definition) is 6. The van der Waals surface area contributed by atoms with Crippen LogP contribution in [0.3, 0.4) is 0 Å². The van der Waals surface area contributed by atoms with E-state index in [4.69, 9.17) is 10.5 Å². The largest absolute Gasteiger partial charge is 0.496 e. The van der Waals surface area contributed by atoms with E-state index in [1.54, 1.807) is 30.5 Å². The summed E-state index contributed by atoms with van der Waals surface area (Å²) in [4.78, 5) is 43.7. The van der Waals surface area contributed by atoms with Gasteiger partial charge in [-0.3, -0.25) is 19.4 Å². The van der Waals surface area contributed by atoms with Crippen molar-refractivity contribution in [2.75, 3.05) is 13.7 Å². The number of amides is 2. The predicted octanol–water partition coefficient (Wildman–Crippen LogP) is 2.81. The zero-order valence-electron chi connectivity index (χ0n) is 20.5. The lowest BCUT2D eigenvalue weighted by molar-refractivity contribution is -0.139. The number of ketones is 1. The number of Topliss-reactive ketones (excluding diaryl/α,β-unsaturated/α-hetero) is 1. The second-order valence-electron chi connectivity index (χ2n) is 8.03. The van der Waals surface area contributed by atoms with E-state index in [-0.39, 0.29) is 24.0 Å². The fourth-order valence-corrected chi connectivity index (χ4v) is 4.04. The molecule has 0 bridgehead atoms. The first-order valence-electron chi connectivity index (χ1n) is 11.8. The van der Waals surface area contributed by atoms with Gasteiger partial charge < -0.3 is 20.7 Å². The molecule has 0 saturated carbocycles. The third-order valence-corrected chi connectivity index (χ3v) is 5.81. The molecule has 3 rings (SSSR count). The Balaban J connectivity index is 0.00000199. The Kier molecular flexibility index (Phi) is 10.7. The third-order valence-electron chi connectivity index (χ3n) is 5.81. The van der Waals surface area contributed by atoms with Gasteiger partial charge in [0.15, 0.2) is 5.78 Å². The highest BCUT2D eigenvalue weighted by Gasteiger charge is 2.36. The highest BCUT2D eigenvalue weighted by Crippen LogP contribution is 2.27. The van der Waals surface area contributed by atoms with Crippen LogP contribution in [0.1, 0.15) is 57.2 Å². The molecule has 8 heteroatoms. The number of nitrogens with two attached hydrogens (primary N) is 1. The molecule has 0 aliphatic carbocycles. The third kappa shape index (κ3) is 7.12. The summed E-state index contributed by atoms with van der Waals surface area (Å²) in [5.41, 5.74) is 7.94. The summed E-state index contributed by atoms with van der Waals surface area (Å²) < 4.78 is 5.34.